The number of nitrogens with zero attached hydrogens (tertiary/aromatic N) is 2. The lowest BCUT2D eigenvalue weighted by Crippen LogP contribution is -2.65. The van der Waals surface area contributed by atoms with Crippen molar-refractivity contribution in [3.8, 4) is 22.8 Å². The first-order valence-corrected chi connectivity index (χ1v) is 13.5. The maximum absolute atomic E-state index is 13.4. The van der Waals surface area contributed by atoms with E-state index in [9.17, 15) is 5.11 Å². The Morgan fingerprint density at radius 3 is 2.05 bits per heavy atom. The Balaban J connectivity index is 1.40. The average Bonchev–Trinajstić information content (AvgIpc) is 3.53. The summed E-state index contributed by atoms with van der Waals surface area (Å²) in [5.74, 6) is -0.362. The van der Waals surface area contributed by atoms with E-state index in [1.807, 2.05) is 24.3 Å². The second kappa shape index (κ2) is 8.15. The van der Waals surface area contributed by atoms with Gasteiger partial charge in [-0.05, 0) is 63.4 Å². The summed E-state index contributed by atoms with van der Waals surface area (Å²) in [7, 11) is 0. The Labute approximate surface area is 227 Å². The second-order valence-electron chi connectivity index (χ2n) is 10.9. The third-order valence-electron chi connectivity index (χ3n) is 9.08. The second-order valence-corrected chi connectivity index (χ2v) is 10.9. The van der Waals surface area contributed by atoms with Gasteiger partial charge in [0.2, 0.25) is 5.69 Å². The first kappa shape index (κ1) is 22.3. The van der Waals surface area contributed by atoms with Crippen molar-refractivity contribution in [2.24, 2.45) is 0 Å². The minimum absolute atomic E-state index is 0.362. The number of fused-ring (bicyclic) bond motifs is 9. The molecule has 3 aliphatic rings. The van der Waals surface area contributed by atoms with Gasteiger partial charge in [-0.25, -0.2) is 0 Å². The smallest absolute Gasteiger partial charge is 0.251 e. The molecule has 2 unspecified atom stereocenters. The Kier molecular flexibility index (Phi) is 4.66. The zero-order chi connectivity index (χ0) is 26.0. The van der Waals surface area contributed by atoms with E-state index >= 15 is 0 Å². The Morgan fingerprint density at radius 2 is 1.36 bits per heavy atom. The van der Waals surface area contributed by atoms with E-state index in [2.05, 4.69) is 102 Å². The number of rotatable bonds is 4. The largest absolute Gasteiger partial charge is 0.539 e. The number of aromatic nitrogens is 2. The van der Waals surface area contributed by atoms with Crippen LogP contribution in [0, 0.1) is 0 Å². The van der Waals surface area contributed by atoms with E-state index in [0.29, 0.717) is 5.69 Å². The average molecular weight is 507 g/mol. The summed E-state index contributed by atoms with van der Waals surface area (Å²) in [6, 6.07) is 33.9. The molecule has 0 N–H and O–H groups in total. The fourth-order valence-corrected chi connectivity index (χ4v) is 7.09. The van der Waals surface area contributed by atoms with Crippen LogP contribution >= 0.6 is 0 Å². The molecular weight excluding hydrogens is 480 g/mol. The highest BCUT2D eigenvalue weighted by atomic mass is 16.6. The maximum Gasteiger partial charge on any atom is 0.251 e. The molecule has 188 valence electrons. The van der Waals surface area contributed by atoms with Gasteiger partial charge in [0.05, 0.1) is 10.7 Å². The quantitative estimate of drug-likeness (QED) is 0.264. The highest BCUT2D eigenvalue weighted by Crippen LogP contribution is 2.65. The third kappa shape index (κ3) is 3.06. The maximum atomic E-state index is 13.4. The minimum Gasteiger partial charge on any atom is -0.539 e. The van der Waals surface area contributed by atoms with Crippen molar-refractivity contribution in [3.63, 3.8) is 0 Å². The van der Waals surface area contributed by atoms with Crippen LogP contribution in [0.1, 0.15) is 46.4 Å². The lowest BCUT2D eigenvalue weighted by molar-refractivity contribution is -0.686. The van der Waals surface area contributed by atoms with E-state index in [4.69, 9.17) is 4.52 Å². The number of hydrogen-bond donors (Lipinski definition) is 0. The van der Waals surface area contributed by atoms with E-state index in [1.54, 1.807) is 4.68 Å². The van der Waals surface area contributed by atoms with Crippen LogP contribution in [-0.4, -0.2) is 5.27 Å². The summed E-state index contributed by atoms with van der Waals surface area (Å²) in [6.45, 7) is 0. The highest BCUT2D eigenvalue weighted by molar-refractivity contribution is 5.80. The molecule has 0 radical (unpaired) electrons. The molecule has 2 atom stereocenters. The van der Waals surface area contributed by atoms with Gasteiger partial charge in [0.25, 0.3) is 5.69 Å². The molecule has 2 heterocycles. The molecular formula is C35H26N2O2. The van der Waals surface area contributed by atoms with Crippen LogP contribution in [0.25, 0.3) is 29.0 Å². The van der Waals surface area contributed by atoms with Crippen molar-refractivity contribution < 1.29 is 14.3 Å². The van der Waals surface area contributed by atoms with Crippen LogP contribution < -0.4 is 9.79 Å². The van der Waals surface area contributed by atoms with Gasteiger partial charge < -0.3 is 9.63 Å². The molecule has 2 aliphatic carbocycles. The molecule has 8 rings (SSSR count). The van der Waals surface area contributed by atoms with Crippen LogP contribution in [0.15, 0.2) is 114 Å². The number of hydrogen-bond acceptors (Lipinski definition) is 3. The predicted molar refractivity (Wildman–Crippen MR) is 149 cm³/mol. The van der Waals surface area contributed by atoms with E-state index in [1.165, 1.54) is 27.8 Å². The molecule has 5 aromatic rings. The zero-order valence-corrected chi connectivity index (χ0v) is 21.4. The van der Waals surface area contributed by atoms with E-state index < -0.39 is 10.8 Å². The van der Waals surface area contributed by atoms with Crippen LogP contribution in [0.3, 0.4) is 0 Å². The summed E-state index contributed by atoms with van der Waals surface area (Å²) in [4.78, 5) is 0. The van der Waals surface area contributed by atoms with Crippen LogP contribution in [0.2, 0.25) is 0 Å². The van der Waals surface area contributed by atoms with Gasteiger partial charge >= 0.3 is 0 Å². The van der Waals surface area contributed by atoms with Gasteiger partial charge in [-0.3, -0.25) is 0 Å². The summed E-state index contributed by atoms with van der Waals surface area (Å²) >= 11 is 0. The van der Waals surface area contributed by atoms with Crippen molar-refractivity contribution in [2.75, 3.05) is 0 Å². The number of benzene rings is 4. The van der Waals surface area contributed by atoms with Gasteiger partial charge in [0.15, 0.2) is 5.95 Å². The Morgan fingerprint density at radius 1 is 0.718 bits per heavy atom. The number of allylic oxidation sites excluding steroid dienone is 2. The van der Waals surface area contributed by atoms with E-state index in [-0.39, 0.29) is 5.95 Å². The van der Waals surface area contributed by atoms with Gasteiger partial charge in [0, 0.05) is 17.0 Å². The molecule has 1 aliphatic heterocycles. The lowest BCUT2D eigenvalue weighted by atomic mass is 9.44. The molecule has 0 spiro atoms. The fraction of sp³-hybridized carbons (Fsp3) is 0.143. The summed E-state index contributed by atoms with van der Waals surface area (Å²) in [5, 5.41) is 17.7. The molecule has 4 aromatic carbocycles. The molecule has 1 saturated carbocycles. The summed E-state index contributed by atoms with van der Waals surface area (Å²) in [5.41, 5.74) is 9.17. The first-order valence-electron chi connectivity index (χ1n) is 13.5. The first-order chi connectivity index (χ1) is 19.2. The van der Waals surface area contributed by atoms with Crippen molar-refractivity contribution in [3.05, 3.63) is 143 Å². The topological polar surface area (TPSA) is 53.0 Å². The van der Waals surface area contributed by atoms with Gasteiger partial charge in [-0.15, -0.1) is 0 Å². The van der Waals surface area contributed by atoms with Crippen molar-refractivity contribution in [1.29, 1.82) is 0 Å². The minimum atomic E-state index is -0.579. The van der Waals surface area contributed by atoms with Crippen molar-refractivity contribution >= 4 is 12.2 Å². The molecule has 39 heavy (non-hydrogen) atoms. The molecule has 4 heteroatoms. The molecule has 0 amide bonds. The van der Waals surface area contributed by atoms with Crippen molar-refractivity contribution in [1.82, 2.24) is 5.27 Å². The summed E-state index contributed by atoms with van der Waals surface area (Å²) < 4.78 is 7.17. The Hall–Kier alpha value is -4.70. The monoisotopic (exact) mass is 506 g/mol. The normalized spacial score (nSPS) is 22.2. The Bertz CT molecular complexity index is 1800. The molecule has 0 bridgehead atoms. The standard InChI is InChI=1S/C35H26N2O2/c38-33-32-35(18-16-25-11-5-2-6-12-25)20-19-34(35,17-15-24-9-3-1-4-10-24)30-23-29-27(22-31(30)37(32)36-39-33)21-26-13-7-8-14-28(26)29/h1-18,22-23H,19-21H2/b17-15+,18-16+. The molecule has 1 fully saturated rings. The predicted octanol–water partition coefficient (Wildman–Crippen LogP) is 6.31. The SMILES string of the molecule is [O-]c1on[n+]2c1C1(/C=C/c3ccccc3)CCC1(/C=C/c1ccccc1)c1cc3c(cc1-2)Cc1ccccc1-3. The molecule has 4 nitrogen and oxygen atoms in total. The van der Waals surface area contributed by atoms with Gasteiger partial charge in [-0.2, -0.15) is 0 Å². The highest BCUT2D eigenvalue weighted by Gasteiger charge is 2.67. The van der Waals surface area contributed by atoms with Crippen LogP contribution in [0.5, 0.6) is 5.95 Å². The van der Waals surface area contributed by atoms with Gasteiger partial charge in [-0.1, -0.05) is 109 Å². The van der Waals surface area contributed by atoms with Crippen LogP contribution in [-0.2, 0) is 17.3 Å². The molecule has 1 aromatic heterocycles. The zero-order valence-electron chi connectivity index (χ0n) is 21.4. The molecule has 0 saturated heterocycles. The summed E-state index contributed by atoms with van der Waals surface area (Å²) in [6.07, 6.45) is 11.6. The van der Waals surface area contributed by atoms with E-state index in [0.717, 1.165) is 36.1 Å². The van der Waals surface area contributed by atoms with Crippen molar-refractivity contribution in [2.45, 2.75) is 30.1 Å². The van der Waals surface area contributed by atoms with Crippen LogP contribution in [0.4, 0.5) is 0 Å². The van der Waals surface area contributed by atoms with Gasteiger partial charge in [0.1, 0.15) is 0 Å². The fourth-order valence-electron chi connectivity index (χ4n) is 7.09. The lowest BCUT2D eigenvalue weighted by Gasteiger charge is -2.56. The third-order valence-corrected chi connectivity index (χ3v) is 9.08.